The highest BCUT2D eigenvalue weighted by Gasteiger charge is 2.11. The van der Waals surface area contributed by atoms with E-state index >= 15 is 0 Å². The van der Waals surface area contributed by atoms with Crippen LogP contribution in [-0.2, 0) is 0 Å². The number of nitrogens with one attached hydrogen (secondary N) is 1. The molecule has 1 rings (SSSR count). The number of rotatable bonds is 5. The highest BCUT2D eigenvalue weighted by molar-refractivity contribution is 4.65. The molecule has 0 radical (unpaired) electrons. The van der Waals surface area contributed by atoms with E-state index in [-0.39, 0.29) is 0 Å². The summed E-state index contributed by atoms with van der Waals surface area (Å²) < 4.78 is 0. The zero-order valence-electron chi connectivity index (χ0n) is 10.0. The second-order valence-corrected chi connectivity index (χ2v) is 5.11. The van der Waals surface area contributed by atoms with Gasteiger partial charge in [0, 0.05) is 6.04 Å². The molecular formula is C13H27N. The van der Waals surface area contributed by atoms with Gasteiger partial charge in [0.1, 0.15) is 0 Å². The van der Waals surface area contributed by atoms with Crippen LogP contribution >= 0.6 is 0 Å². The van der Waals surface area contributed by atoms with E-state index in [1.165, 1.54) is 57.9 Å². The molecule has 0 saturated heterocycles. The Kier molecular flexibility index (Phi) is 6.25. The van der Waals surface area contributed by atoms with E-state index in [0.29, 0.717) is 6.04 Å². The van der Waals surface area contributed by atoms with Crippen molar-refractivity contribution in [2.24, 2.45) is 5.92 Å². The third-order valence-corrected chi connectivity index (χ3v) is 3.32. The normalized spacial score (nSPS) is 19.9. The van der Waals surface area contributed by atoms with Crippen molar-refractivity contribution < 1.29 is 0 Å². The molecule has 1 saturated carbocycles. The van der Waals surface area contributed by atoms with Crippen LogP contribution in [0.5, 0.6) is 0 Å². The molecule has 0 aromatic heterocycles. The van der Waals surface area contributed by atoms with Crippen LogP contribution in [-0.4, -0.2) is 12.6 Å². The second kappa shape index (κ2) is 7.28. The first kappa shape index (κ1) is 12.0. The molecule has 1 heteroatoms. The van der Waals surface area contributed by atoms with E-state index in [4.69, 9.17) is 0 Å². The zero-order valence-corrected chi connectivity index (χ0v) is 10.0. The van der Waals surface area contributed by atoms with E-state index in [9.17, 15) is 0 Å². The van der Waals surface area contributed by atoms with Crippen molar-refractivity contribution in [1.82, 2.24) is 5.32 Å². The van der Waals surface area contributed by atoms with Crippen molar-refractivity contribution in [2.45, 2.75) is 71.3 Å². The third-order valence-electron chi connectivity index (χ3n) is 3.32. The fourth-order valence-electron chi connectivity index (χ4n) is 2.43. The molecular weight excluding hydrogens is 170 g/mol. The molecule has 0 aromatic carbocycles. The summed E-state index contributed by atoms with van der Waals surface area (Å²) >= 11 is 0. The molecule has 0 unspecified atom stereocenters. The van der Waals surface area contributed by atoms with Crippen LogP contribution in [0.1, 0.15) is 65.2 Å². The summed E-state index contributed by atoms with van der Waals surface area (Å²) in [5.74, 6) is 1.05. The summed E-state index contributed by atoms with van der Waals surface area (Å²) in [6.07, 6.45) is 11.8. The van der Waals surface area contributed by atoms with Crippen molar-refractivity contribution in [3.63, 3.8) is 0 Å². The number of hydrogen-bond donors (Lipinski definition) is 1. The summed E-state index contributed by atoms with van der Waals surface area (Å²) in [4.78, 5) is 0. The molecule has 0 heterocycles. The molecule has 0 aliphatic heterocycles. The molecule has 1 fully saturated rings. The van der Waals surface area contributed by atoms with Crippen LogP contribution in [0.4, 0.5) is 0 Å². The lowest BCUT2D eigenvalue weighted by Gasteiger charge is -2.14. The lowest BCUT2D eigenvalue weighted by molar-refractivity contribution is 0.405. The monoisotopic (exact) mass is 197 g/mol. The van der Waals surface area contributed by atoms with Crippen LogP contribution in [0.3, 0.4) is 0 Å². The first-order valence-electron chi connectivity index (χ1n) is 6.52. The topological polar surface area (TPSA) is 12.0 Å². The maximum atomic E-state index is 3.50. The van der Waals surface area contributed by atoms with Crippen LogP contribution in [0.2, 0.25) is 0 Å². The summed E-state index contributed by atoms with van der Waals surface area (Å²) in [7, 11) is 0. The Balaban J connectivity index is 1.99. The summed E-state index contributed by atoms with van der Waals surface area (Å²) in [5, 5.41) is 3.50. The van der Waals surface area contributed by atoms with Gasteiger partial charge in [-0.15, -0.1) is 0 Å². The predicted molar refractivity (Wildman–Crippen MR) is 63.6 cm³/mol. The van der Waals surface area contributed by atoms with Crippen LogP contribution in [0, 0.1) is 5.92 Å². The fourth-order valence-corrected chi connectivity index (χ4v) is 2.43. The van der Waals surface area contributed by atoms with Crippen molar-refractivity contribution >= 4 is 0 Å². The molecule has 1 nitrogen and oxygen atoms in total. The Hall–Kier alpha value is -0.0400. The Morgan fingerprint density at radius 2 is 1.71 bits per heavy atom. The predicted octanol–water partition coefficient (Wildman–Crippen LogP) is 3.74. The van der Waals surface area contributed by atoms with Crippen LogP contribution in [0.25, 0.3) is 0 Å². The van der Waals surface area contributed by atoms with Crippen molar-refractivity contribution in [3.05, 3.63) is 0 Å². The summed E-state index contributed by atoms with van der Waals surface area (Å²) in [6.45, 7) is 5.67. The quantitative estimate of drug-likeness (QED) is 0.523. The summed E-state index contributed by atoms with van der Waals surface area (Å²) in [6, 6.07) is 0.657. The van der Waals surface area contributed by atoms with E-state index in [1.807, 2.05) is 0 Å². The molecule has 1 aliphatic carbocycles. The zero-order chi connectivity index (χ0) is 10.2. The smallest absolute Gasteiger partial charge is 0.00103 e. The lowest BCUT2D eigenvalue weighted by atomic mass is 9.95. The van der Waals surface area contributed by atoms with Gasteiger partial charge in [0.15, 0.2) is 0 Å². The van der Waals surface area contributed by atoms with Gasteiger partial charge >= 0.3 is 0 Å². The van der Waals surface area contributed by atoms with E-state index < -0.39 is 0 Å². The maximum absolute atomic E-state index is 3.50. The van der Waals surface area contributed by atoms with Gasteiger partial charge in [0.2, 0.25) is 0 Å². The van der Waals surface area contributed by atoms with Crippen molar-refractivity contribution in [2.75, 3.05) is 6.54 Å². The van der Waals surface area contributed by atoms with Crippen LogP contribution in [0.15, 0.2) is 0 Å². The first-order chi connectivity index (χ1) is 6.79. The largest absolute Gasteiger partial charge is 0.315 e. The lowest BCUT2D eigenvalue weighted by Crippen LogP contribution is -2.24. The van der Waals surface area contributed by atoms with Crippen molar-refractivity contribution in [1.29, 1.82) is 0 Å². The molecule has 0 bridgehead atoms. The molecule has 14 heavy (non-hydrogen) atoms. The third kappa shape index (κ3) is 5.64. The molecule has 0 spiro atoms. The average molecular weight is 197 g/mol. The number of hydrogen-bond acceptors (Lipinski definition) is 1. The minimum Gasteiger partial charge on any atom is -0.315 e. The first-order valence-corrected chi connectivity index (χ1v) is 6.52. The van der Waals surface area contributed by atoms with E-state index in [0.717, 1.165) is 5.92 Å². The average Bonchev–Trinajstić information content (AvgIpc) is 2.40. The minimum absolute atomic E-state index is 0.657. The van der Waals surface area contributed by atoms with E-state index in [1.54, 1.807) is 0 Å². The molecule has 0 amide bonds. The van der Waals surface area contributed by atoms with Gasteiger partial charge in [0.05, 0.1) is 0 Å². The van der Waals surface area contributed by atoms with Gasteiger partial charge in [-0.3, -0.25) is 0 Å². The molecule has 1 N–H and O–H groups in total. The fraction of sp³-hybridized carbons (Fsp3) is 1.00. The maximum Gasteiger partial charge on any atom is 0.00103 e. The van der Waals surface area contributed by atoms with Gasteiger partial charge in [0.25, 0.3) is 0 Å². The standard InChI is InChI=1S/C13H27N/c1-12(2)14-11-7-10-13-8-5-3-4-6-9-13/h12-14H,3-11H2,1-2H3. The Morgan fingerprint density at radius 3 is 2.29 bits per heavy atom. The van der Waals surface area contributed by atoms with Gasteiger partial charge in [-0.1, -0.05) is 52.4 Å². The Labute approximate surface area is 89.7 Å². The Morgan fingerprint density at radius 1 is 1.07 bits per heavy atom. The van der Waals surface area contributed by atoms with Gasteiger partial charge in [-0.05, 0) is 25.3 Å². The van der Waals surface area contributed by atoms with E-state index in [2.05, 4.69) is 19.2 Å². The SMILES string of the molecule is CC(C)NCCCC1CCCCCC1. The molecule has 1 aliphatic rings. The molecule has 84 valence electrons. The molecule has 0 aromatic rings. The highest BCUT2D eigenvalue weighted by Crippen LogP contribution is 2.26. The highest BCUT2D eigenvalue weighted by atomic mass is 14.9. The Bertz CT molecular complexity index is 123. The minimum atomic E-state index is 0.657. The molecule has 0 atom stereocenters. The summed E-state index contributed by atoms with van der Waals surface area (Å²) in [5.41, 5.74) is 0. The van der Waals surface area contributed by atoms with Gasteiger partial charge < -0.3 is 5.32 Å². The van der Waals surface area contributed by atoms with Crippen molar-refractivity contribution in [3.8, 4) is 0 Å². The van der Waals surface area contributed by atoms with Crippen LogP contribution < -0.4 is 5.32 Å². The van der Waals surface area contributed by atoms with Gasteiger partial charge in [-0.2, -0.15) is 0 Å². The van der Waals surface area contributed by atoms with Gasteiger partial charge in [-0.25, -0.2) is 0 Å². The second-order valence-electron chi connectivity index (χ2n) is 5.11.